The summed E-state index contributed by atoms with van der Waals surface area (Å²) < 4.78 is 5.68. The quantitative estimate of drug-likeness (QED) is 0.818. The lowest BCUT2D eigenvalue weighted by Crippen LogP contribution is -2.22. The molecule has 0 aromatic carbocycles. The van der Waals surface area contributed by atoms with Crippen LogP contribution in [0.15, 0.2) is 9.52 Å². The summed E-state index contributed by atoms with van der Waals surface area (Å²) in [5, 5.41) is 5.58. The van der Waals surface area contributed by atoms with Gasteiger partial charge < -0.3 is 4.52 Å². The molecule has 1 aliphatic heterocycles. The number of nitrogens with zero attached hydrogens (tertiary/aromatic N) is 2. The maximum Gasteiger partial charge on any atom is 0.150 e. The SMILES string of the molecule is CSC1=NCC(C2(C)CC2)c2noc(C3CC3)c21. The molecular weight excluding hydrogens is 244 g/mol. The summed E-state index contributed by atoms with van der Waals surface area (Å²) in [6.07, 6.45) is 7.24. The van der Waals surface area contributed by atoms with Crippen LogP contribution < -0.4 is 0 Å². The van der Waals surface area contributed by atoms with E-state index in [4.69, 9.17) is 9.52 Å². The third-order valence-corrected chi connectivity index (χ3v) is 5.45. The van der Waals surface area contributed by atoms with Gasteiger partial charge in [-0.2, -0.15) is 0 Å². The Balaban J connectivity index is 1.82. The van der Waals surface area contributed by atoms with Gasteiger partial charge in [-0.15, -0.1) is 11.8 Å². The van der Waals surface area contributed by atoms with E-state index in [0.717, 1.165) is 17.3 Å². The number of hydrogen-bond donors (Lipinski definition) is 0. The molecule has 3 nitrogen and oxygen atoms in total. The average molecular weight is 262 g/mol. The molecule has 1 atom stereocenters. The largest absolute Gasteiger partial charge is 0.360 e. The molecule has 96 valence electrons. The first kappa shape index (κ1) is 11.1. The molecule has 1 aromatic rings. The molecule has 2 heterocycles. The van der Waals surface area contributed by atoms with Gasteiger partial charge >= 0.3 is 0 Å². The van der Waals surface area contributed by atoms with Gasteiger partial charge in [0.25, 0.3) is 0 Å². The summed E-state index contributed by atoms with van der Waals surface area (Å²) in [7, 11) is 0. The van der Waals surface area contributed by atoms with Gasteiger partial charge in [-0.25, -0.2) is 0 Å². The Bertz CT molecular complexity index is 526. The van der Waals surface area contributed by atoms with E-state index in [-0.39, 0.29) is 0 Å². The first-order valence-corrected chi connectivity index (χ1v) is 8.04. The van der Waals surface area contributed by atoms with Gasteiger partial charge in [0.05, 0.1) is 11.3 Å². The van der Waals surface area contributed by atoms with Crippen molar-refractivity contribution >= 4 is 16.8 Å². The first-order valence-electron chi connectivity index (χ1n) is 6.81. The molecule has 0 spiro atoms. The summed E-state index contributed by atoms with van der Waals surface area (Å²) in [5.74, 6) is 2.22. The topological polar surface area (TPSA) is 38.4 Å². The Morgan fingerprint density at radius 3 is 2.72 bits per heavy atom. The highest BCUT2D eigenvalue weighted by Crippen LogP contribution is 2.58. The Morgan fingerprint density at radius 2 is 2.11 bits per heavy atom. The number of rotatable bonds is 2. The van der Waals surface area contributed by atoms with Crippen molar-refractivity contribution in [3.63, 3.8) is 0 Å². The summed E-state index contributed by atoms with van der Waals surface area (Å²) in [6.45, 7) is 3.27. The van der Waals surface area contributed by atoms with Crippen LogP contribution in [-0.2, 0) is 0 Å². The molecule has 4 rings (SSSR count). The van der Waals surface area contributed by atoms with Crippen molar-refractivity contribution in [3.05, 3.63) is 17.0 Å². The van der Waals surface area contributed by atoms with Crippen LogP contribution in [0.2, 0.25) is 0 Å². The highest BCUT2D eigenvalue weighted by Gasteiger charge is 2.50. The molecule has 2 saturated carbocycles. The van der Waals surface area contributed by atoms with Crippen LogP contribution in [-0.4, -0.2) is 23.0 Å². The van der Waals surface area contributed by atoms with E-state index >= 15 is 0 Å². The molecule has 18 heavy (non-hydrogen) atoms. The normalized spacial score (nSPS) is 28.8. The minimum absolute atomic E-state index is 0.430. The molecule has 0 saturated heterocycles. The standard InChI is InChI=1S/C14H18N2OS/c1-14(5-6-14)9-7-15-13(18-2)10-11(9)16-17-12(10)8-3-4-8/h8-9H,3-7H2,1-2H3. The van der Waals surface area contributed by atoms with Crippen LogP contribution in [0.5, 0.6) is 0 Å². The second-order valence-electron chi connectivity index (χ2n) is 6.14. The second-order valence-corrected chi connectivity index (χ2v) is 6.93. The van der Waals surface area contributed by atoms with Crippen LogP contribution in [0.1, 0.15) is 61.5 Å². The number of hydrogen-bond acceptors (Lipinski definition) is 4. The van der Waals surface area contributed by atoms with Crippen LogP contribution in [0.3, 0.4) is 0 Å². The Labute approximate surface area is 111 Å². The molecule has 2 aliphatic carbocycles. The smallest absolute Gasteiger partial charge is 0.150 e. The van der Waals surface area contributed by atoms with Crippen LogP contribution in [0.25, 0.3) is 0 Å². The van der Waals surface area contributed by atoms with Gasteiger partial charge in [-0.1, -0.05) is 12.1 Å². The van der Waals surface area contributed by atoms with Crippen LogP contribution in [0.4, 0.5) is 0 Å². The van der Waals surface area contributed by atoms with E-state index in [2.05, 4.69) is 18.3 Å². The lowest BCUT2D eigenvalue weighted by molar-refractivity contribution is 0.356. The van der Waals surface area contributed by atoms with Crippen molar-refractivity contribution in [1.29, 1.82) is 0 Å². The summed E-state index contributed by atoms with van der Waals surface area (Å²) in [4.78, 5) is 4.80. The lowest BCUT2D eigenvalue weighted by atomic mass is 9.84. The molecule has 3 aliphatic rings. The van der Waals surface area contributed by atoms with Crippen molar-refractivity contribution in [2.75, 3.05) is 12.8 Å². The molecule has 0 bridgehead atoms. The highest BCUT2D eigenvalue weighted by molar-refractivity contribution is 8.13. The third-order valence-electron chi connectivity index (χ3n) is 4.73. The fourth-order valence-corrected chi connectivity index (χ4v) is 3.61. The fraction of sp³-hybridized carbons (Fsp3) is 0.714. The van der Waals surface area contributed by atoms with E-state index in [9.17, 15) is 0 Å². The summed E-state index contributed by atoms with van der Waals surface area (Å²) >= 11 is 1.74. The molecule has 0 N–H and O–H groups in total. The van der Waals surface area contributed by atoms with Gasteiger partial charge in [-0.3, -0.25) is 4.99 Å². The number of fused-ring (bicyclic) bond motifs is 1. The maximum atomic E-state index is 5.68. The van der Waals surface area contributed by atoms with Crippen molar-refractivity contribution in [2.24, 2.45) is 10.4 Å². The Kier molecular flexibility index (Phi) is 2.23. The van der Waals surface area contributed by atoms with Gasteiger partial charge in [0, 0.05) is 18.4 Å². The molecule has 2 fully saturated rings. The van der Waals surface area contributed by atoms with Crippen molar-refractivity contribution in [3.8, 4) is 0 Å². The van der Waals surface area contributed by atoms with Crippen LogP contribution in [0, 0.1) is 5.41 Å². The molecule has 4 heteroatoms. The lowest BCUT2D eigenvalue weighted by Gasteiger charge is -2.24. The van der Waals surface area contributed by atoms with Crippen molar-refractivity contribution in [1.82, 2.24) is 5.16 Å². The zero-order chi connectivity index (χ0) is 12.3. The predicted octanol–water partition coefficient (Wildman–Crippen LogP) is 3.56. The Morgan fingerprint density at radius 1 is 1.33 bits per heavy atom. The van der Waals surface area contributed by atoms with Crippen molar-refractivity contribution in [2.45, 2.75) is 44.4 Å². The maximum absolute atomic E-state index is 5.68. The van der Waals surface area contributed by atoms with E-state index in [0.29, 0.717) is 17.3 Å². The second kappa shape index (κ2) is 3.62. The van der Waals surface area contributed by atoms with Gasteiger partial charge in [0.2, 0.25) is 0 Å². The first-order chi connectivity index (χ1) is 8.73. The molecule has 0 amide bonds. The van der Waals surface area contributed by atoms with Gasteiger partial charge in [-0.05, 0) is 37.4 Å². The summed E-state index contributed by atoms with van der Waals surface area (Å²) in [5.41, 5.74) is 2.89. The van der Waals surface area contributed by atoms with E-state index in [1.807, 2.05) is 0 Å². The van der Waals surface area contributed by atoms with Gasteiger partial charge in [0.15, 0.2) is 0 Å². The monoisotopic (exact) mass is 262 g/mol. The van der Waals surface area contributed by atoms with E-state index < -0.39 is 0 Å². The molecular formula is C14H18N2OS. The van der Waals surface area contributed by atoms with Crippen LogP contribution >= 0.6 is 11.8 Å². The van der Waals surface area contributed by atoms with E-state index in [1.165, 1.54) is 36.9 Å². The third kappa shape index (κ3) is 1.51. The van der Waals surface area contributed by atoms with Crippen molar-refractivity contribution < 1.29 is 4.52 Å². The minimum Gasteiger partial charge on any atom is -0.360 e. The molecule has 0 radical (unpaired) electrons. The Hall–Kier alpha value is -0.770. The zero-order valence-corrected chi connectivity index (χ0v) is 11.7. The summed E-state index contributed by atoms with van der Waals surface area (Å²) in [6, 6.07) is 0. The molecule has 1 aromatic heterocycles. The highest BCUT2D eigenvalue weighted by atomic mass is 32.2. The minimum atomic E-state index is 0.430. The average Bonchev–Trinajstić information content (AvgIpc) is 3.30. The number of aliphatic imine (C=N–C) groups is 1. The molecule has 1 unspecified atom stereocenters. The fourth-order valence-electron chi connectivity index (χ4n) is 3.00. The van der Waals surface area contributed by atoms with E-state index in [1.54, 1.807) is 11.8 Å². The predicted molar refractivity (Wildman–Crippen MR) is 73.5 cm³/mol. The zero-order valence-electron chi connectivity index (χ0n) is 10.9. The van der Waals surface area contributed by atoms with Gasteiger partial charge in [0.1, 0.15) is 10.8 Å². The number of thioether (sulfide) groups is 1. The number of aromatic nitrogens is 1.